The largest absolute Gasteiger partial charge is 0.356 e. The topological polar surface area (TPSA) is 99.5 Å². The Bertz CT molecular complexity index is 1500. The number of aromatic nitrogens is 1. The van der Waals surface area contributed by atoms with Gasteiger partial charge in [0, 0.05) is 41.7 Å². The minimum Gasteiger partial charge on any atom is -0.356 e. The highest BCUT2D eigenvalue weighted by molar-refractivity contribution is 5.97. The number of amides is 2. The fourth-order valence-corrected chi connectivity index (χ4v) is 5.58. The van der Waals surface area contributed by atoms with Crippen molar-refractivity contribution in [3.63, 3.8) is 0 Å². The first-order chi connectivity index (χ1) is 17.5. The van der Waals surface area contributed by atoms with Crippen LogP contribution in [0.25, 0.3) is 10.9 Å². The normalized spacial score (nSPS) is 19.3. The number of non-ortho nitro benzene ring substituents is 1. The molecule has 1 fully saturated rings. The predicted molar refractivity (Wildman–Crippen MR) is 134 cm³/mol. The van der Waals surface area contributed by atoms with Crippen LogP contribution in [0.15, 0.2) is 78.9 Å². The molecule has 0 saturated carbocycles. The summed E-state index contributed by atoms with van der Waals surface area (Å²) < 4.78 is 0. The van der Waals surface area contributed by atoms with E-state index in [1.165, 1.54) is 12.1 Å². The number of para-hydroxylation sites is 1. The van der Waals surface area contributed by atoms with E-state index in [1.54, 1.807) is 21.9 Å². The second kappa shape index (κ2) is 8.64. The maximum absolute atomic E-state index is 13.8. The number of benzene rings is 3. The average molecular weight is 481 g/mol. The number of aromatic amines is 1. The minimum absolute atomic E-state index is 0.0108. The van der Waals surface area contributed by atoms with Gasteiger partial charge in [-0.25, -0.2) is 0 Å². The van der Waals surface area contributed by atoms with Crippen molar-refractivity contribution in [3.8, 4) is 0 Å². The average Bonchev–Trinajstić information content (AvgIpc) is 3.28. The summed E-state index contributed by atoms with van der Waals surface area (Å²) in [5.74, 6) is -0.245. The first-order valence-corrected chi connectivity index (χ1v) is 12.0. The van der Waals surface area contributed by atoms with Crippen LogP contribution in [0, 0.1) is 10.1 Å². The molecule has 180 valence electrons. The lowest BCUT2D eigenvalue weighted by molar-refractivity contribution is -0.384. The first kappa shape index (κ1) is 22.0. The highest BCUT2D eigenvalue weighted by atomic mass is 16.6. The van der Waals surface area contributed by atoms with E-state index >= 15 is 0 Å². The Morgan fingerprint density at radius 2 is 1.75 bits per heavy atom. The Labute approximate surface area is 207 Å². The molecule has 3 heterocycles. The molecule has 36 heavy (non-hydrogen) atoms. The number of nitrogens with zero attached hydrogens (tertiary/aromatic N) is 3. The summed E-state index contributed by atoms with van der Waals surface area (Å²) in [7, 11) is 0. The smallest absolute Gasteiger partial charge is 0.269 e. The van der Waals surface area contributed by atoms with Crippen LogP contribution in [-0.2, 0) is 22.4 Å². The number of nitro benzene ring substituents is 1. The molecular formula is C28H24N4O4. The molecule has 8 heteroatoms. The molecule has 8 nitrogen and oxygen atoms in total. The van der Waals surface area contributed by atoms with Crippen molar-refractivity contribution in [2.24, 2.45) is 0 Å². The van der Waals surface area contributed by atoms with Crippen LogP contribution in [0.5, 0.6) is 0 Å². The standard InChI is InChI=1S/C28H24N4O4/c33-25-17-30(14-13-18-7-2-1-3-8-18)28(34)24-16-22-21-11-4-5-12-23(21)29-26(22)27(31(24)25)19-9-6-10-20(15-19)32(35)36/h1-12,15,24,27,29H,13-14,16-17H2/t24-,27?/m0/s1. The van der Waals surface area contributed by atoms with Crippen LogP contribution in [-0.4, -0.2) is 50.7 Å². The van der Waals surface area contributed by atoms with Gasteiger partial charge < -0.3 is 14.8 Å². The van der Waals surface area contributed by atoms with Gasteiger partial charge in [0.1, 0.15) is 6.04 Å². The third-order valence-electron chi connectivity index (χ3n) is 7.25. The van der Waals surface area contributed by atoms with Crippen molar-refractivity contribution >= 4 is 28.4 Å². The summed E-state index contributed by atoms with van der Waals surface area (Å²) in [5, 5.41) is 12.5. The second-order valence-corrected chi connectivity index (χ2v) is 9.33. The molecule has 6 rings (SSSR count). The number of hydrogen-bond acceptors (Lipinski definition) is 4. The number of piperazine rings is 1. The zero-order valence-corrected chi connectivity index (χ0v) is 19.5. The summed E-state index contributed by atoms with van der Waals surface area (Å²) in [5.41, 5.74) is 4.38. The van der Waals surface area contributed by atoms with Crippen LogP contribution in [0.1, 0.15) is 28.4 Å². The summed E-state index contributed by atoms with van der Waals surface area (Å²) >= 11 is 0. The molecule has 2 aliphatic heterocycles. The van der Waals surface area contributed by atoms with Crippen molar-refractivity contribution in [2.75, 3.05) is 13.1 Å². The molecule has 1 unspecified atom stereocenters. The number of H-pyrrole nitrogens is 1. The third kappa shape index (κ3) is 3.62. The molecule has 2 amide bonds. The summed E-state index contributed by atoms with van der Waals surface area (Å²) in [6, 6.07) is 22.8. The Morgan fingerprint density at radius 1 is 0.972 bits per heavy atom. The fraction of sp³-hybridized carbons (Fsp3) is 0.214. The van der Waals surface area contributed by atoms with Gasteiger partial charge >= 0.3 is 0 Å². The number of rotatable bonds is 5. The van der Waals surface area contributed by atoms with Gasteiger partial charge in [-0.1, -0.05) is 60.7 Å². The molecule has 1 saturated heterocycles. The lowest BCUT2D eigenvalue weighted by Gasteiger charge is -2.47. The number of hydrogen-bond donors (Lipinski definition) is 1. The second-order valence-electron chi connectivity index (χ2n) is 9.33. The van der Waals surface area contributed by atoms with E-state index in [-0.39, 0.29) is 24.0 Å². The Balaban J connectivity index is 1.42. The highest BCUT2D eigenvalue weighted by Crippen LogP contribution is 2.43. The fourth-order valence-electron chi connectivity index (χ4n) is 5.58. The van der Waals surface area contributed by atoms with E-state index in [1.807, 2.05) is 54.6 Å². The lowest BCUT2D eigenvalue weighted by Crippen LogP contribution is -2.63. The van der Waals surface area contributed by atoms with Crippen LogP contribution < -0.4 is 0 Å². The van der Waals surface area contributed by atoms with Gasteiger partial charge in [0.25, 0.3) is 5.69 Å². The summed E-state index contributed by atoms with van der Waals surface area (Å²) in [6.07, 6.45) is 1.07. The number of nitrogens with one attached hydrogen (secondary N) is 1. The van der Waals surface area contributed by atoms with E-state index in [4.69, 9.17) is 0 Å². The zero-order chi connectivity index (χ0) is 24.8. The van der Waals surface area contributed by atoms with Crippen LogP contribution in [0.4, 0.5) is 5.69 Å². The SMILES string of the molecule is O=C1[C@@H]2Cc3c([nH]c4ccccc34)C(c3cccc([N+](=O)[O-])c3)N2C(=O)CN1CCc1ccccc1. The molecule has 4 aromatic rings. The summed E-state index contributed by atoms with van der Waals surface area (Å²) in [4.78, 5) is 45.2. The zero-order valence-electron chi connectivity index (χ0n) is 19.5. The maximum Gasteiger partial charge on any atom is 0.269 e. The molecule has 1 N–H and O–H groups in total. The molecule has 0 spiro atoms. The number of fused-ring (bicyclic) bond motifs is 4. The monoisotopic (exact) mass is 480 g/mol. The van der Waals surface area contributed by atoms with Crippen molar-refractivity contribution in [3.05, 3.63) is 111 Å². The van der Waals surface area contributed by atoms with Crippen molar-refractivity contribution in [1.82, 2.24) is 14.8 Å². The van der Waals surface area contributed by atoms with E-state index in [2.05, 4.69) is 4.98 Å². The van der Waals surface area contributed by atoms with E-state index < -0.39 is 17.0 Å². The molecular weight excluding hydrogens is 456 g/mol. The van der Waals surface area contributed by atoms with Crippen LogP contribution in [0.3, 0.4) is 0 Å². The molecule has 3 aromatic carbocycles. The third-order valence-corrected chi connectivity index (χ3v) is 7.25. The van der Waals surface area contributed by atoms with Gasteiger partial charge in [0.2, 0.25) is 11.8 Å². The molecule has 2 atom stereocenters. The van der Waals surface area contributed by atoms with Crippen molar-refractivity contribution < 1.29 is 14.5 Å². The molecule has 2 aliphatic rings. The molecule has 0 bridgehead atoms. The maximum atomic E-state index is 13.8. The Kier molecular flexibility index (Phi) is 5.29. The quantitative estimate of drug-likeness (QED) is 0.345. The van der Waals surface area contributed by atoms with Gasteiger partial charge in [-0.15, -0.1) is 0 Å². The first-order valence-electron chi connectivity index (χ1n) is 12.0. The molecule has 0 aliphatic carbocycles. The van der Waals surface area contributed by atoms with Gasteiger partial charge in [-0.05, 0) is 29.2 Å². The van der Waals surface area contributed by atoms with Crippen LogP contribution in [0.2, 0.25) is 0 Å². The number of carbonyl (C=O) groups is 2. The van der Waals surface area contributed by atoms with E-state index in [0.29, 0.717) is 24.9 Å². The lowest BCUT2D eigenvalue weighted by atomic mass is 9.86. The van der Waals surface area contributed by atoms with Crippen molar-refractivity contribution in [1.29, 1.82) is 0 Å². The molecule has 1 aromatic heterocycles. The van der Waals surface area contributed by atoms with Gasteiger partial charge in [-0.3, -0.25) is 19.7 Å². The van der Waals surface area contributed by atoms with Gasteiger partial charge in [-0.2, -0.15) is 0 Å². The Morgan fingerprint density at radius 3 is 2.56 bits per heavy atom. The number of carbonyl (C=O) groups excluding carboxylic acids is 2. The van der Waals surface area contributed by atoms with E-state index in [0.717, 1.165) is 27.7 Å². The van der Waals surface area contributed by atoms with Crippen molar-refractivity contribution in [2.45, 2.75) is 24.9 Å². The predicted octanol–water partition coefficient (Wildman–Crippen LogP) is 4.00. The van der Waals surface area contributed by atoms with Gasteiger partial charge in [0.05, 0.1) is 17.5 Å². The summed E-state index contributed by atoms with van der Waals surface area (Å²) in [6.45, 7) is 0.449. The van der Waals surface area contributed by atoms with Gasteiger partial charge in [0.15, 0.2) is 0 Å². The Hall–Kier alpha value is -4.46. The van der Waals surface area contributed by atoms with Crippen LogP contribution >= 0.6 is 0 Å². The number of nitro groups is 1. The molecule has 0 radical (unpaired) electrons. The minimum atomic E-state index is -0.669. The van der Waals surface area contributed by atoms with E-state index in [9.17, 15) is 19.7 Å². The highest BCUT2D eigenvalue weighted by Gasteiger charge is 2.48.